The highest BCUT2D eigenvalue weighted by molar-refractivity contribution is 7.09. The van der Waals surface area contributed by atoms with Crippen LogP contribution in [0.15, 0.2) is 41.1 Å². The highest BCUT2D eigenvalue weighted by Crippen LogP contribution is 2.11. The summed E-state index contributed by atoms with van der Waals surface area (Å²) in [5.41, 5.74) is 2.82. The summed E-state index contributed by atoms with van der Waals surface area (Å²) in [6, 6.07) is 7.90. The van der Waals surface area contributed by atoms with Crippen molar-refractivity contribution in [3.8, 4) is 0 Å². The monoisotopic (exact) mass is 242 g/mol. The predicted octanol–water partition coefficient (Wildman–Crippen LogP) is 2.68. The SMILES string of the molecule is Cc1nc(/C=N\n2cnc3ccccc32)cs1. The van der Waals surface area contributed by atoms with Crippen LogP contribution in [0.4, 0.5) is 0 Å². The maximum absolute atomic E-state index is 4.35. The lowest BCUT2D eigenvalue weighted by Gasteiger charge is -1.93. The molecule has 84 valence electrons. The van der Waals surface area contributed by atoms with Crippen molar-refractivity contribution >= 4 is 28.6 Å². The molecule has 0 aliphatic heterocycles. The highest BCUT2D eigenvalue weighted by Gasteiger charge is 1.99. The molecule has 0 atom stereocenters. The van der Waals surface area contributed by atoms with Crippen molar-refractivity contribution in [1.29, 1.82) is 0 Å². The van der Waals surface area contributed by atoms with Crippen LogP contribution in [0.25, 0.3) is 11.0 Å². The van der Waals surface area contributed by atoms with Gasteiger partial charge in [-0.25, -0.2) is 14.6 Å². The lowest BCUT2D eigenvalue weighted by molar-refractivity contribution is 0.913. The smallest absolute Gasteiger partial charge is 0.118 e. The van der Waals surface area contributed by atoms with Gasteiger partial charge in [0.15, 0.2) is 0 Å². The molecule has 0 saturated heterocycles. The van der Waals surface area contributed by atoms with Gasteiger partial charge < -0.3 is 0 Å². The molecule has 0 bridgehead atoms. The quantitative estimate of drug-likeness (QED) is 0.648. The van der Waals surface area contributed by atoms with Gasteiger partial charge in [0.25, 0.3) is 0 Å². The average Bonchev–Trinajstić information content (AvgIpc) is 2.93. The van der Waals surface area contributed by atoms with Crippen LogP contribution in [0.3, 0.4) is 0 Å². The molecule has 0 fully saturated rings. The molecule has 2 heterocycles. The molecular formula is C12H10N4S. The largest absolute Gasteiger partial charge is 0.240 e. The molecule has 2 aromatic heterocycles. The third-order valence-electron chi connectivity index (χ3n) is 2.39. The first kappa shape index (κ1) is 10.2. The molecule has 1 aromatic carbocycles. The Hall–Kier alpha value is -2.01. The van der Waals surface area contributed by atoms with E-state index in [9.17, 15) is 0 Å². The molecule has 4 nitrogen and oxygen atoms in total. The third-order valence-corrected chi connectivity index (χ3v) is 3.18. The number of nitrogens with zero attached hydrogens (tertiary/aromatic N) is 4. The van der Waals surface area contributed by atoms with E-state index in [-0.39, 0.29) is 0 Å². The van der Waals surface area contributed by atoms with Gasteiger partial charge in [-0.05, 0) is 19.1 Å². The molecule has 0 unspecified atom stereocenters. The molecule has 0 radical (unpaired) electrons. The summed E-state index contributed by atoms with van der Waals surface area (Å²) in [6.45, 7) is 1.98. The zero-order chi connectivity index (χ0) is 11.7. The van der Waals surface area contributed by atoms with Crippen LogP contribution in [0.5, 0.6) is 0 Å². The molecule has 3 aromatic rings. The van der Waals surface area contributed by atoms with Crippen LogP contribution >= 0.6 is 11.3 Å². The van der Waals surface area contributed by atoms with E-state index in [0.29, 0.717) is 0 Å². The summed E-state index contributed by atoms with van der Waals surface area (Å²) < 4.78 is 1.75. The van der Waals surface area contributed by atoms with E-state index in [1.165, 1.54) is 0 Å². The van der Waals surface area contributed by atoms with Crippen molar-refractivity contribution < 1.29 is 0 Å². The second-order valence-electron chi connectivity index (χ2n) is 3.61. The summed E-state index contributed by atoms with van der Waals surface area (Å²) in [4.78, 5) is 8.59. The van der Waals surface area contributed by atoms with Crippen molar-refractivity contribution in [3.05, 3.63) is 46.7 Å². The van der Waals surface area contributed by atoms with Crippen LogP contribution < -0.4 is 0 Å². The maximum Gasteiger partial charge on any atom is 0.118 e. The molecule has 0 N–H and O–H groups in total. The Morgan fingerprint density at radius 3 is 3.06 bits per heavy atom. The van der Waals surface area contributed by atoms with Gasteiger partial charge in [0, 0.05) is 5.38 Å². The number of rotatable bonds is 2. The van der Waals surface area contributed by atoms with Gasteiger partial charge in [0.1, 0.15) is 6.33 Å². The molecule has 0 aliphatic rings. The van der Waals surface area contributed by atoms with E-state index in [1.807, 2.05) is 36.6 Å². The fourth-order valence-electron chi connectivity index (χ4n) is 1.60. The average molecular weight is 242 g/mol. The van der Waals surface area contributed by atoms with Gasteiger partial charge in [-0.3, -0.25) is 0 Å². The lowest BCUT2D eigenvalue weighted by Crippen LogP contribution is -1.89. The van der Waals surface area contributed by atoms with Gasteiger partial charge >= 0.3 is 0 Å². The lowest BCUT2D eigenvalue weighted by atomic mass is 10.3. The first-order valence-corrected chi connectivity index (χ1v) is 6.09. The number of thiazole rings is 1. The van der Waals surface area contributed by atoms with E-state index in [0.717, 1.165) is 21.7 Å². The van der Waals surface area contributed by atoms with Crippen molar-refractivity contribution in [2.24, 2.45) is 5.10 Å². The zero-order valence-electron chi connectivity index (χ0n) is 9.24. The van der Waals surface area contributed by atoms with Crippen LogP contribution in [-0.2, 0) is 0 Å². The number of fused-ring (bicyclic) bond motifs is 1. The summed E-state index contributed by atoms with van der Waals surface area (Å²) in [5, 5.41) is 7.38. The Kier molecular flexibility index (Phi) is 2.45. The minimum absolute atomic E-state index is 0.880. The summed E-state index contributed by atoms with van der Waals surface area (Å²) in [5.74, 6) is 0. The predicted molar refractivity (Wildman–Crippen MR) is 69.6 cm³/mol. The second kappa shape index (κ2) is 4.10. The van der Waals surface area contributed by atoms with Crippen LogP contribution in [-0.4, -0.2) is 20.9 Å². The molecule has 0 aliphatic carbocycles. The van der Waals surface area contributed by atoms with Crippen LogP contribution in [0.2, 0.25) is 0 Å². The normalized spacial score (nSPS) is 11.6. The molecular weight excluding hydrogens is 232 g/mol. The number of benzene rings is 1. The van der Waals surface area contributed by atoms with Gasteiger partial charge in [-0.2, -0.15) is 5.10 Å². The van der Waals surface area contributed by atoms with Crippen LogP contribution in [0, 0.1) is 6.92 Å². The number of aryl methyl sites for hydroxylation is 1. The van der Waals surface area contributed by atoms with Crippen molar-refractivity contribution in [3.63, 3.8) is 0 Å². The Morgan fingerprint density at radius 2 is 2.24 bits per heavy atom. The topological polar surface area (TPSA) is 43.1 Å². The highest BCUT2D eigenvalue weighted by atomic mass is 32.1. The van der Waals surface area contributed by atoms with E-state index in [2.05, 4.69) is 15.1 Å². The van der Waals surface area contributed by atoms with E-state index in [1.54, 1.807) is 28.6 Å². The van der Waals surface area contributed by atoms with Gasteiger partial charge in [-0.1, -0.05) is 12.1 Å². The van der Waals surface area contributed by atoms with E-state index >= 15 is 0 Å². The number of para-hydroxylation sites is 2. The van der Waals surface area contributed by atoms with Crippen molar-refractivity contribution in [1.82, 2.24) is 14.6 Å². The third kappa shape index (κ3) is 1.97. The molecule has 5 heteroatoms. The van der Waals surface area contributed by atoms with Crippen molar-refractivity contribution in [2.75, 3.05) is 0 Å². The summed E-state index contributed by atoms with van der Waals surface area (Å²) in [7, 11) is 0. The first-order chi connectivity index (χ1) is 8.33. The van der Waals surface area contributed by atoms with Crippen LogP contribution in [0.1, 0.15) is 10.7 Å². The van der Waals surface area contributed by atoms with Gasteiger partial charge in [0.05, 0.1) is 27.9 Å². The Balaban J connectivity index is 1.97. The molecule has 3 rings (SSSR count). The minimum Gasteiger partial charge on any atom is -0.240 e. The van der Waals surface area contributed by atoms with Gasteiger partial charge in [-0.15, -0.1) is 11.3 Å². The Morgan fingerprint density at radius 1 is 1.35 bits per heavy atom. The standard InChI is InChI=1S/C12H10N4S/c1-9-15-10(7-17-9)6-14-16-8-13-11-4-2-3-5-12(11)16/h2-8H,1H3/b14-6-. The van der Waals surface area contributed by atoms with E-state index in [4.69, 9.17) is 0 Å². The number of hydrogen-bond acceptors (Lipinski definition) is 4. The fourth-order valence-corrected chi connectivity index (χ4v) is 2.16. The molecule has 17 heavy (non-hydrogen) atoms. The molecule has 0 saturated carbocycles. The second-order valence-corrected chi connectivity index (χ2v) is 4.68. The first-order valence-electron chi connectivity index (χ1n) is 5.21. The molecule has 0 amide bonds. The zero-order valence-corrected chi connectivity index (χ0v) is 10.1. The minimum atomic E-state index is 0.880. The number of hydrogen-bond donors (Lipinski definition) is 0. The summed E-state index contributed by atoms with van der Waals surface area (Å²) in [6.07, 6.45) is 3.46. The Labute approximate surface area is 102 Å². The van der Waals surface area contributed by atoms with Crippen molar-refractivity contribution in [2.45, 2.75) is 6.92 Å². The number of imidazole rings is 1. The van der Waals surface area contributed by atoms with E-state index < -0.39 is 0 Å². The molecule has 0 spiro atoms. The fraction of sp³-hybridized carbons (Fsp3) is 0.0833. The van der Waals surface area contributed by atoms with Gasteiger partial charge in [0.2, 0.25) is 0 Å². The Bertz CT molecular complexity index is 680. The number of aromatic nitrogens is 3. The summed E-state index contributed by atoms with van der Waals surface area (Å²) >= 11 is 1.62. The maximum atomic E-state index is 4.35.